The van der Waals surface area contributed by atoms with Gasteiger partial charge in [0, 0.05) is 18.9 Å². The second kappa shape index (κ2) is 6.57. The van der Waals surface area contributed by atoms with E-state index < -0.39 is 18.0 Å². The summed E-state index contributed by atoms with van der Waals surface area (Å²) in [5.74, 6) is -0.753. The number of esters is 1. The second-order valence-electron chi connectivity index (χ2n) is 4.67. The quantitative estimate of drug-likeness (QED) is 0.870. The van der Waals surface area contributed by atoms with Crippen molar-refractivity contribution in [2.75, 3.05) is 5.32 Å². The summed E-state index contributed by atoms with van der Waals surface area (Å²) in [5, 5.41) is 6.96. The summed E-state index contributed by atoms with van der Waals surface area (Å²) < 4.78 is 6.68. The zero-order chi connectivity index (χ0) is 16.3. The Bertz CT molecular complexity index is 697. The first-order valence-electron chi connectivity index (χ1n) is 6.50. The van der Waals surface area contributed by atoms with Crippen LogP contribution in [-0.4, -0.2) is 32.7 Å². The summed E-state index contributed by atoms with van der Waals surface area (Å²) in [4.78, 5) is 27.9. The third-order valence-corrected chi connectivity index (χ3v) is 3.31. The maximum Gasteiger partial charge on any atom is 0.342 e. The lowest BCUT2D eigenvalue weighted by Crippen LogP contribution is -2.30. The molecule has 0 aliphatic rings. The van der Waals surface area contributed by atoms with Crippen molar-refractivity contribution in [1.82, 2.24) is 14.8 Å². The van der Waals surface area contributed by atoms with Gasteiger partial charge in [-0.3, -0.25) is 9.48 Å². The number of amides is 1. The number of pyridine rings is 1. The molecule has 1 amide bonds. The lowest BCUT2D eigenvalue weighted by Gasteiger charge is -2.13. The number of nitrogens with one attached hydrogen (secondary N) is 1. The van der Waals surface area contributed by atoms with Crippen LogP contribution < -0.4 is 5.32 Å². The fraction of sp³-hybridized carbons (Fsp3) is 0.286. The van der Waals surface area contributed by atoms with Crippen molar-refractivity contribution >= 4 is 29.3 Å². The van der Waals surface area contributed by atoms with Gasteiger partial charge in [-0.05, 0) is 26.0 Å². The molecule has 2 aromatic rings. The number of rotatable bonds is 4. The van der Waals surface area contributed by atoms with E-state index >= 15 is 0 Å². The van der Waals surface area contributed by atoms with Crippen LogP contribution in [0.2, 0.25) is 5.02 Å². The van der Waals surface area contributed by atoms with Gasteiger partial charge in [0.05, 0.1) is 11.2 Å². The van der Waals surface area contributed by atoms with Crippen LogP contribution >= 0.6 is 11.6 Å². The molecular formula is C14H15ClN4O3. The Morgan fingerprint density at radius 1 is 1.36 bits per heavy atom. The predicted molar refractivity (Wildman–Crippen MR) is 80.7 cm³/mol. The molecule has 2 rings (SSSR count). The summed E-state index contributed by atoms with van der Waals surface area (Å²) in [7, 11) is 1.72. The first kappa shape index (κ1) is 16.0. The van der Waals surface area contributed by atoms with Gasteiger partial charge in [0.2, 0.25) is 0 Å². The van der Waals surface area contributed by atoms with Crippen molar-refractivity contribution < 1.29 is 14.3 Å². The number of halogens is 1. The zero-order valence-electron chi connectivity index (χ0n) is 12.3. The van der Waals surface area contributed by atoms with Crippen LogP contribution in [0.25, 0.3) is 0 Å². The maximum atomic E-state index is 12.0. The van der Waals surface area contributed by atoms with Crippen LogP contribution in [-0.2, 0) is 16.6 Å². The molecule has 0 aromatic carbocycles. The number of ether oxygens (including phenoxy) is 1. The Hall–Kier alpha value is -2.41. The smallest absolute Gasteiger partial charge is 0.342 e. The van der Waals surface area contributed by atoms with Gasteiger partial charge in [-0.2, -0.15) is 5.10 Å². The van der Waals surface area contributed by atoms with Crippen LogP contribution in [0.3, 0.4) is 0 Å². The SMILES string of the molecule is Cc1c(C(=O)OC(C)C(=O)Nc2ccc(Cl)cn2)cnn1C. The third kappa shape index (κ3) is 3.62. The number of aryl methyl sites for hydroxylation is 1. The van der Waals surface area contributed by atoms with Crippen molar-refractivity contribution in [2.45, 2.75) is 20.0 Å². The van der Waals surface area contributed by atoms with E-state index in [2.05, 4.69) is 15.4 Å². The molecular weight excluding hydrogens is 308 g/mol. The highest BCUT2D eigenvalue weighted by Gasteiger charge is 2.21. The van der Waals surface area contributed by atoms with Crippen molar-refractivity contribution in [2.24, 2.45) is 7.05 Å². The Kier molecular flexibility index (Phi) is 4.77. The van der Waals surface area contributed by atoms with Crippen LogP contribution in [0, 0.1) is 6.92 Å². The minimum atomic E-state index is -0.968. The van der Waals surface area contributed by atoms with E-state index in [4.69, 9.17) is 16.3 Å². The third-order valence-electron chi connectivity index (χ3n) is 3.09. The van der Waals surface area contributed by atoms with Gasteiger partial charge in [0.15, 0.2) is 6.10 Å². The fourth-order valence-corrected chi connectivity index (χ4v) is 1.77. The van der Waals surface area contributed by atoms with Crippen molar-refractivity contribution in [3.05, 3.63) is 40.8 Å². The van der Waals surface area contributed by atoms with E-state index in [1.165, 1.54) is 19.3 Å². The molecule has 0 spiro atoms. The number of carbonyl (C=O) groups is 2. The van der Waals surface area contributed by atoms with Crippen LogP contribution in [0.4, 0.5) is 5.82 Å². The molecule has 1 N–H and O–H groups in total. The highest BCUT2D eigenvalue weighted by molar-refractivity contribution is 6.30. The molecule has 0 saturated heterocycles. The van der Waals surface area contributed by atoms with Gasteiger partial charge in [-0.25, -0.2) is 9.78 Å². The summed E-state index contributed by atoms with van der Waals surface area (Å²) in [6, 6.07) is 3.15. The molecule has 2 heterocycles. The van der Waals surface area contributed by atoms with Gasteiger partial charge in [0.25, 0.3) is 5.91 Å². The van der Waals surface area contributed by atoms with Gasteiger partial charge < -0.3 is 10.1 Å². The monoisotopic (exact) mass is 322 g/mol. The minimum absolute atomic E-state index is 0.326. The second-order valence-corrected chi connectivity index (χ2v) is 5.10. The molecule has 0 radical (unpaired) electrons. The van der Waals surface area contributed by atoms with E-state index in [-0.39, 0.29) is 0 Å². The molecule has 7 nitrogen and oxygen atoms in total. The molecule has 22 heavy (non-hydrogen) atoms. The number of hydrogen-bond donors (Lipinski definition) is 1. The van der Waals surface area contributed by atoms with Gasteiger partial charge in [0.1, 0.15) is 11.4 Å². The topological polar surface area (TPSA) is 86.1 Å². The number of aromatic nitrogens is 3. The summed E-state index contributed by atoms with van der Waals surface area (Å²) in [5.41, 5.74) is 0.990. The predicted octanol–water partition coefficient (Wildman–Crippen LogP) is 1.96. The molecule has 1 unspecified atom stereocenters. The molecule has 0 aliphatic heterocycles. The molecule has 1 atom stereocenters. The van der Waals surface area contributed by atoms with Gasteiger partial charge >= 0.3 is 5.97 Å². The summed E-state index contributed by atoms with van der Waals surface area (Å²) in [6.45, 7) is 3.22. The van der Waals surface area contributed by atoms with Gasteiger partial charge in [-0.15, -0.1) is 0 Å². The Balaban J connectivity index is 1.97. The van der Waals surface area contributed by atoms with E-state index in [0.29, 0.717) is 22.1 Å². The average molecular weight is 323 g/mol. The molecule has 2 aromatic heterocycles. The molecule has 116 valence electrons. The Labute approximate surface area is 132 Å². The summed E-state index contributed by atoms with van der Waals surface area (Å²) in [6.07, 6.45) is 1.85. The molecule has 0 bridgehead atoms. The first-order valence-corrected chi connectivity index (χ1v) is 6.88. The molecule has 0 fully saturated rings. The van der Waals surface area contributed by atoms with Gasteiger partial charge in [-0.1, -0.05) is 11.6 Å². The Morgan fingerprint density at radius 2 is 2.09 bits per heavy atom. The van der Waals surface area contributed by atoms with E-state index in [1.54, 1.807) is 30.8 Å². The highest BCUT2D eigenvalue weighted by atomic mass is 35.5. The lowest BCUT2D eigenvalue weighted by molar-refractivity contribution is -0.123. The number of nitrogens with zero attached hydrogens (tertiary/aromatic N) is 3. The number of anilines is 1. The molecule has 0 saturated carbocycles. The van der Waals surface area contributed by atoms with Crippen molar-refractivity contribution in [3.63, 3.8) is 0 Å². The average Bonchev–Trinajstić information content (AvgIpc) is 2.81. The lowest BCUT2D eigenvalue weighted by atomic mass is 10.2. The van der Waals surface area contributed by atoms with Crippen LogP contribution in [0.15, 0.2) is 24.5 Å². The first-order chi connectivity index (χ1) is 10.4. The number of carbonyl (C=O) groups excluding carboxylic acids is 2. The normalized spacial score (nSPS) is 11.8. The van der Waals surface area contributed by atoms with Crippen molar-refractivity contribution in [1.29, 1.82) is 0 Å². The molecule has 0 aliphatic carbocycles. The largest absolute Gasteiger partial charge is 0.449 e. The Morgan fingerprint density at radius 3 is 2.64 bits per heavy atom. The summed E-state index contributed by atoms with van der Waals surface area (Å²) >= 11 is 5.71. The number of hydrogen-bond acceptors (Lipinski definition) is 5. The highest BCUT2D eigenvalue weighted by Crippen LogP contribution is 2.12. The van der Waals surface area contributed by atoms with E-state index in [1.807, 2.05) is 0 Å². The van der Waals surface area contributed by atoms with Crippen LogP contribution in [0.1, 0.15) is 23.0 Å². The maximum absolute atomic E-state index is 12.0. The fourth-order valence-electron chi connectivity index (χ4n) is 1.65. The van der Waals surface area contributed by atoms with E-state index in [0.717, 1.165) is 0 Å². The standard InChI is InChI=1S/C14H15ClN4O3/c1-8-11(7-17-19(8)3)14(21)22-9(2)13(20)18-12-5-4-10(15)6-16-12/h4-7,9H,1-3H3,(H,16,18,20). The van der Waals surface area contributed by atoms with Crippen LogP contribution in [0.5, 0.6) is 0 Å². The van der Waals surface area contributed by atoms with Crippen molar-refractivity contribution in [3.8, 4) is 0 Å². The minimum Gasteiger partial charge on any atom is -0.449 e. The zero-order valence-corrected chi connectivity index (χ0v) is 13.1. The molecule has 8 heteroatoms. The van der Waals surface area contributed by atoms with E-state index in [9.17, 15) is 9.59 Å².